The van der Waals surface area contributed by atoms with Crippen molar-refractivity contribution in [3.63, 3.8) is 0 Å². The molecule has 0 bridgehead atoms. The number of hydrogen-bond acceptors (Lipinski definition) is 7. The molecule has 172 valence electrons. The van der Waals surface area contributed by atoms with Crippen LogP contribution in [0.4, 0.5) is 0 Å². The molecule has 0 amide bonds. The molecule has 0 saturated heterocycles. The van der Waals surface area contributed by atoms with E-state index in [-0.39, 0.29) is 0 Å². The second-order valence-electron chi connectivity index (χ2n) is 7.86. The van der Waals surface area contributed by atoms with Gasteiger partial charge in [0, 0.05) is 11.1 Å². The first-order chi connectivity index (χ1) is 16.3. The van der Waals surface area contributed by atoms with Crippen molar-refractivity contribution in [2.24, 2.45) is 11.5 Å². The Morgan fingerprint density at radius 3 is 1.39 bits per heavy atom. The third-order valence-electron chi connectivity index (χ3n) is 5.48. The summed E-state index contributed by atoms with van der Waals surface area (Å²) in [6.45, 7) is 2.76. The topological polar surface area (TPSA) is 96.3 Å². The normalized spacial score (nSPS) is 11.1. The average Bonchev–Trinajstić information content (AvgIpc) is 3.35. The number of rotatable bonds is 12. The first kappa shape index (κ1) is 23.2. The van der Waals surface area contributed by atoms with Gasteiger partial charge in [-0.05, 0) is 74.2 Å². The predicted octanol–water partition coefficient (Wildman–Crippen LogP) is 5.26. The van der Waals surface area contributed by atoms with Crippen LogP contribution in [0.3, 0.4) is 0 Å². The Hall–Kier alpha value is -3.00. The Morgan fingerprint density at radius 2 is 1.00 bits per heavy atom. The molecule has 0 aliphatic carbocycles. The molecule has 1 aromatic heterocycles. The predicted molar refractivity (Wildman–Crippen MR) is 136 cm³/mol. The minimum atomic E-state index is 0.684. The highest BCUT2D eigenvalue weighted by atomic mass is 32.1. The van der Waals surface area contributed by atoms with Crippen molar-refractivity contribution in [2.45, 2.75) is 25.7 Å². The highest BCUT2D eigenvalue weighted by molar-refractivity contribution is 7.00. The summed E-state index contributed by atoms with van der Waals surface area (Å²) in [5.74, 6) is 1.73. The van der Waals surface area contributed by atoms with Crippen LogP contribution in [0.15, 0.2) is 60.7 Å². The van der Waals surface area contributed by atoms with Gasteiger partial charge < -0.3 is 20.9 Å². The molecule has 0 aliphatic rings. The molecule has 1 heterocycles. The van der Waals surface area contributed by atoms with Crippen LogP contribution >= 0.6 is 11.7 Å². The van der Waals surface area contributed by atoms with Crippen molar-refractivity contribution >= 4 is 22.8 Å². The minimum absolute atomic E-state index is 0.684. The fraction of sp³-hybridized carbons (Fsp3) is 0.308. The van der Waals surface area contributed by atoms with E-state index in [1.54, 1.807) is 0 Å². The molecule has 0 saturated carbocycles. The SMILES string of the molecule is NCCCCOc1ccc(-c2ccc(-c3ccc(OCCCCN)cc3)c3nsnc23)cc1. The smallest absolute Gasteiger partial charge is 0.119 e. The largest absolute Gasteiger partial charge is 0.494 e. The lowest BCUT2D eigenvalue weighted by atomic mass is 9.98. The summed E-state index contributed by atoms with van der Waals surface area (Å²) in [6.07, 6.45) is 3.88. The Labute approximate surface area is 198 Å². The molecular weight excluding hydrogens is 432 g/mol. The third kappa shape index (κ3) is 5.87. The van der Waals surface area contributed by atoms with Crippen molar-refractivity contribution < 1.29 is 9.47 Å². The van der Waals surface area contributed by atoms with Gasteiger partial charge in [0.05, 0.1) is 24.9 Å². The van der Waals surface area contributed by atoms with Crippen LogP contribution in [0.2, 0.25) is 0 Å². The molecule has 6 nitrogen and oxygen atoms in total. The summed E-state index contributed by atoms with van der Waals surface area (Å²) in [4.78, 5) is 0. The summed E-state index contributed by atoms with van der Waals surface area (Å²) in [7, 11) is 0. The second-order valence-corrected chi connectivity index (χ2v) is 8.39. The first-order valence-electron chi connectivity index (χ1n) is 11.4. The fourth-order valence-corrected chi connectivity index (χ4v) is 4.24. The van der Waals surface area contributed by atoms with Gasteiger partial charge in [0.15, 0.2) is 0 Å². The van der Waals surface area contributed by atoms with Crippen molar-refractivity contribution in [2.75, 3.05) is 26.3 Å². The lowest BCUT2D eigenvalue weighted by Crippen LogP contribution is -2.03. The van der Waals surface area contributed by atoms with Gasteiger partial charge in [-0.3, -0.25) is 0 Å². The minimum Gasteiger partial charge on any atom is -0.494 e. The number of nitrogens with zero attached hydrogens (tertiary/aromatic N) is 2. The van der Waals surface area contributed by atoms with E-state index in [0.29, 0.717) is 26.3 Å². The fourth-order valence-electron chi connectivity index (χ4n) is 3.67. The van der Waals surface area contributed by atoms with Crippen LogP contribution in [-0.4, -0.2) is 35.1 Å². The van der Waals surface area contributed by atoms with Gasteiger partial charge in [-0.2, -0.15) is 8.75 Å². The molecule has 33 heavy (non-hydrogen) atoms. The molecule has 0 spiro atoms. The quantitative estimate of drug-likeness (QED) is 0.279. The Morgan fingerprint density at radius 1 is 0.576 bits per heavy atom. The molecule has 4 aromatic rings. The van der Waals surface area contributed by atoms with Gasteiger partial charge in [0.1, 0.15) is 22.5 Å². The molecule has 3 aromatic carbocycles. The van der Waals surface area contributed by atoms with E-state index in [9.17, 15) is 0 Å². The lowest BCUT2D eigenvalue weighted by Gasteiger charge is -2.10. The zero-order valence-electron chi connectivity index (χ0n) is 18.7. The molecule has 0 fully saturated rings. The number of hydrogen-bond donors (Lipinski definition) is 2. The van der Waals surface area contributed by atoms with Crippen LogP contribution in [0, 0.1) is 0 Å². The standard InChI is InChI=1S/C26H30N4O2S/c27-15-1-3-17-31-21-9-5-19(6-10-21)23-13-14-24(26-25(23)29-33-30-26)20-7-11-22(12-8-20)32-18-4-2-16-28/h5-14H,1-4,15-18,27-28H2. The van der Waals surface area contributed by atoms with E-state index >= 15 is 0 Å². The highest BCUT2D eigenvalue weighted by Gasteiger charge is 2.13. The maximum absolute atomic E-state index is 5.80. The van der Waals surface area contributed by atoms with Crippen LogP contribution in [0.25, 0.3) is 33.3 Å². The first-order valence-corrected chi connectivity index (χ1v) is 12.1. The van der Waals surface area contributed by atoms with Crippen molar-refractivity contribution in [3.05, 3.63) is 60.7 Å². The van der Waals surface area contributed by atoms with Crippen LogP contribution in [0.1, 0.15) is 25.7 Å². The van der Waals surface area contributed by atoms with Crippen LogP contribution in [-0.2, 0) is 0 Å². The maximum Gasteiger partial charge on any atom is 0.119 e. The Kier molecular flexibility index (Phi) is 8.24. The number of benzene rings is 3. The maximum atomic E-state index is 5.80. The van der Waals surface area contributed by atoms with E-state index < -0.39 is 0 Å². The van der Waals surface area contributed by atoms with Crippen molar-refractivity contribution in [1.82, 2.24) is 8.75 Å². The van der Waals surface area contributed by atoms with E-state index in [1.165, 1.54) is 11.7 Å². The van der Waals surface area contributed by atoms with Gasteiger partial charge in [-0.15, -0.1) is 0 Å². The van der Waals surface area contributed by atoms with Gasteiger partial charge >= 0.3 is 0 Å². The molecule has 7 heteroatoms. The number of unbranched alkanes of at least 4 members (excludes halogenated alkanes) is 2. The average molecular weight is 463 g/mol. The van der Waals surface area contributed by atoms with Gasteiger partial charge in [-0.25, -0.2) is 0 Å². The molecule has 0 atom stereocenters. The highest BCUT2D eigenvalue weighted by Crippen LogP contribution is 2.35. The number of aromatic nitrogens is 2. The Bertz CT molecular complexity index is 1050. The molecule has 0 unspecified atom stereocenters. The van der Waals surface area contributed by atoms with E-state index in [0.717, 1.165) is 70.5 Å². The zero-order valence-corrected chi connectivity index (χ0v) is 19.5. The monoisotopic (exact) mass is 462 g/mol. The Balaban J connectivity index is 1.50. The van der Waals surface area contributed by atoms with Gasteiger partial charge in [0.2, 0.25) is 0 Å². The zero-order chi connectivity index (χ0) is 22.9. The molecule has 4 rings (SSSR count). The lowest BCUT2D eigenvalue weighted by molar-refractivity contribution is 0.308. The van der Waals surface area contributed by atoms with E-state index in [4.69, 9.17) is 20.9 Å². The third-order valence-corrected chi connectivity index (χ3v) is 6.01. The molecule has 0 aliphatic heterocycles. The summed E-state index contributed by atoms with van der Waals surface area (Å²) < 4.78 is 20.8. The summed E-state index contributed by atoms with van der Waals surface area (Å²) in [6, 6.07) is 20.5. The molecular formula is C26H30N4O2S. The van der Waals surface area contributed by atoms with E-state index in [1.807, 2.05) is 24.3 Å². The molecule has 0 radical (unpaired) electrons. The van der Waals surface area contributed by atoms with Crippen LogP contribution in [0.5, 0.6) is 11.5 Å². The summed E-state index contributed by atoms with van der Waals surface area (Å²) >= 11 is 1.24. The molecule has 4 N–H and O–H groups in total. The van der Waals surface area contributed by atoms with Gasteiger partial charge in [-0.1, -0.05) is 36.4 Å². The van der Waals surface area contributed by atoms with E-state index in [2.05, 4.69) is 45.1 Å². The number of fused-ring (bicyclic) bond motifs is 1. The van der Waals surface area contributed by atoms with Crippen LogP contribution < -0.4 is 20.9 Å². The van der Waals surface area contributed by atoms with Gasteiger partial charge in [0.25, 0.3) is 0 Å². The summed E-state index contributed by atoms with van der Waals surface area (Å²) in [5.41, 5.74) is 17.2. The van der Waals surface area contributed by atoms with Crippen molar-refractivity contribution in [1.29, 1.82) is 0 Å². The number of ether oxygens (including phenoxy) is 2. The summed E-state index contributed by atoms with van der Waals surface area (Å²) in [5, 5.41) is 0. The number of nitrogens with two attached hydrogens (primary N) is 2. The van der Waals surface area contributed by atoms with Crippen molar-refractivity contribution in [3.8, 4) is 33.8 Å². The second kappa shape index (κ2) is 11.7.